The number of aliphatic hydroxyl groups excluding tert-OH is 5. The van der Waals surface area contributed by atoms with Crippen LogP contribution in [0.1, 0.15) is 104 Å². The molecule has 4 rings (SSSR count). The largest absolute Gasteiger partial charge is 0.479 e. The summed E-state index contributed by atoms with van der Waals surface area (Å²) >= 11 is 0. The predicted octanol–water partition coefficient (Wildman–Crippen LogP) is -2.19. The standard InChI is InChI=1S/C46H79N3O26S2/c1-4-28-22-29(30(52)11-8-14-47-35(53)13-16-67-19-20-68-18-15-48-43(58)31(75-77(64,65)66)12-17-69-76(61,62)63)23-32(41(28)74-46-40(57)39(56)37(54)25(2)70-46)72-45-36(49-26(3)51)42(38(55)34(24-50)73-45)71-33(44(59)60)21-27-9-6-5-7-10-27/h25,27-29,31-34,36-42,45-46,50,54-57H,4-24H2,1-3H3,(H,47,53)(H,48,58)(H,49,51)(H,59,60)(H,61,62,63)(H,64,65,66)/t25?,28?,29?,31-,32+,33-,34-,36?,37+,38-,39-,40?,41+,42?,45+,46-/m0/s1. The first kappa shape index (κ1) is 66.3. The number of ether oxygens (including phenoxy) is 7. The maximum atomic E-state index is 14.0. The number of nitrogens with one attached hydrogen (secondary N) is 3. The van der Waals surface area contributed by atoms with E-state index in [1.54, 1.807) is 0 Å². The van der Waals surface area contributed by atoms with E-state index in [2.05, 4.69) is 24.3 Å². The van der Waals surface area contributed by atoms with Gasteiger partial charge < -0.3 is 79.7 Å². The second-order valence-corrected chi connectivity index (χ2v) is 21.8. The molecule has 6 unspecified atom stereocenters. The fourth-order valence-electron chi connectivity index (χ4n) is 9.88. The molecule has 4 fully saturated rings. The Morgan fingerprint density at radius 2 is 1.43 bits per heavy atom. The normalized spacial score (nSPS) is 31.2. The van der Waals surface area contributed by atoms with Gasteiger partial charge in [-0.2, -0.15) is 16.8 Å². The monoisotopic (exact) mass is 1150 g/mol. The first-order valence-corrected chi connectivity index (χ1v) is 28.7. The van der Waals surface area contributed by atoms with Crippen LogP contribution in [-0.4, -0.2) is 225 Å². The van der Waals surface area contributed by atoms with Crippen LogP contribution in [0.2, 0.25) is 0 Å². The Bertz CT molecular complexity index is 2090. The molecule has 3 amide bonds. The Hall–Kier alpha value is -3.19. The van der Waals surface area contributed by atoms with E-state index in [4.69, 9.17) is 42.3 Å². The molecule has 2 saturated heterocycles. The number of Topliss-reactive ketones (excluding diaryl/α,β-unsaturated/α-hetero) is 1. The lowest BCUT2D eigenvalue weighted by atomic mass is 9.74. The van der Waals surface area contributed by atoms with E-state index in [0.29, 0.717) is 6.42 Å². The lowest BCUT2D eigenvalue weighted by Crippen LogP contribution is -2.67. The lowest BCUT2D eigenvalue weighted by Gasteiger charge is -2.49. The molecule has 0 spiro atoms. The second-order valence-electron chi connectivity index (χ2n) is 19.6. The molecule has 0 aromatic rings. The number of carbonyl (C=O) groups excluding carboxylic acids is 4. The molecule has 4 aliphatic rings. The minimum atomic E-state index is -5.12. The van der Waals surface area contributed by atoms with Crippen LogP contribution in [0.5, 0.6) is 0 Å². The zero-order valence-electron chi connectivity index (χ0n) is 43.4. The highest BCUT2D eigenvalue weighted by Gasteiger charge is 2.53. The molecule has 0 bridgehead atoms. The third-order valence-corrected chi connectivity index (χ3v) is 14.8. The summed E-state index contributed by atoms with van der Waals surface area (Å²) in [7, 11) is -10.0. The molecule has 2 aliphatic carbocycles. The van der Waals surface area contributed by atoms with Gasteiger partial charge in [-0.25, -0.2) is 13.2 Å². The Balaban J connectivity index is 1.34. The fraction of sp³-hybridized carbons (Fsp3) is 0.891. The maximum Gasteiger partial charge on any atom is 0.398 e. The number of hydrogen-bond acceptors (Lipinski definition) is 23. The first-order valence-electron chi connectivity index (χ1n) is 25.9. The highest BCUT2D eigenvalue weighted by Crippen LogP contribution is 2.40. The number of hydrogen-bond donors (Lipinski definition) is 11. The van der Waals surface area contributed by atoms with Gasteiger partial charge in [0.1, 0.15) is 48.4 Å². The zero-order valence-corrected chi connectivity index (χ0v) is 45.0. The number of aliphatic hydroxyl groups is 5. The van der Waals surface area contributed by atoms with Crippen LogP contribution >= 0.6 is 0 Å². The summed E-state index contributed by atoms with van der Waals surface area (Å²) in [5.41, 5.74) is 0. The van der Waals surface area contributed by atoms with Crippen molar-refractivity contribution in [3.05, 3.63) is 0 Å². The minimum absolute atomic E-state index is 0.00335. The van der Waals surface area contributed by atoms with Gasteiger partial charge in [0, 0.05) is 45.2 Å². The van der Waals surface area contributed by atoms with E-state index >= 15 is 0 Å². The summed E-state index contributed by atoms with van der Waals surface area (Å²) in [5, 5.41) is 71.9. The molecule has 0 aromatic heterocycles. The van der Waals surface area contributed by atoms with Gasteiger partial charge in [-0.1, -0.05) is 45.4 Å². The van der Waals surface area contributed by atoms with Crippen molar-refractivity contribution in [2.24, 2.45) is 17.8 Å². The zero-order chi connectivity index (χ0) is 57.0. The molecule has 0 aromatic carbocycles. The number of amides is 3. The van der Waals surface area contributed by atoms with Crippen molar-refractivity contribution in [3.63, 3.8) is 0 Å². The van der Waals surface area contributed by atoms with Crippen LogP contribution in [0, 0.1) is 17.8 Å². The van der Waals surface area contributed by atoms with Crippen molar-refractivity contribution in [1.29, 1.82) is 0 Å². The molecular formula is C46H79N3O26S2. The predicted molar refractivity (Wildman–Crippen MR) is 261 cm³/mol. The Morgan fingerprint density at radius 3 is 2.05 bits per heavy atom. The number of carbonyl (C=O) groups is 5. The third kappa shape index (κ3) is 22.3. The number of carboxylic acid groups (broad SMARTS) is 1. The molecule has 16 atom stereocenters. The lowest BCUT2D eigenvalue weighted by molar-refractivity contribution is -0.338. The molecule has 31 heteroatoms. The van der Waals surface area contributed by atoms with E-state index in [-0.39, 0.29) is 95.7 Å². The van der Waals surface area contributed by atoms with Crippen molar-refractivity contribution in [1.82, 2.24) is 16.0 Å². The highest BCUT2D eigenvalue weighted by atomic mass is 32.3. The molecule has 11 N–H and O–H groups in total. The van der Waals surface area contributed by atoms with Crippen molar-refractivity contribution >= 4 is 50.3 Å². The second kappa shape index (κ2) is 32.3. The van der Waals surface area contributed by atoms with Gasteiger partial charge in [0.2, 0.25) is 11.8 Å². The van der Waals surface area contributed by atoms with Crippen molar-refractivity contribution < 1.29 is 122 Å². The van der Waals surface area contributed by atoms with Gasteiger partial charge >= 0.3 is 26.8 Å². The number of aliphatic carboxylic acids is 1. The van der Waals surface area contributed by atoms with Crippen molar-refractivity contribution in [2.75, 3.05) is 52.7 Å². The smallest absolute Gasteiger partial charge is 0.398 e. The van der Waals surface area contributed by atoms with E-state index in [9.17, 15) is 71.4 Å². The fourth-order valence-corrected chi connectivity index (χ4v) is 10.7. The molecular weight excluding hydrogens is 1070 g/mol. The SMILES string of the molecule is CCC1CC(C(=O)CCCNC(=O)CCOCCOCCNC(=O)[C@H](CCOS(=O)(=O)O)OS(=O)(=O)O)C[C@@H](O[C@@H]2O[C@@H](CO)[C@H](O)C(O[C@@H](CC3CCCCC3)C(=O)O)C2NC(C)=O)[C@@H]1O[C@@H]1OC(C)[C@@H](O)[C@H](O)C1O. The summed E-state index contributed by atoms with van der Waals surface area (Å²) in [5.74, 6) is -4.64. The minimum Gasteiger partial charge on any atom is -0.479 e. The average Bonchev–Trinajstić information content (AvgIpc) is 3.36. The van der Waals surface area contributed by atoms with Gasteiger partial charge in [-0.05, 0) is 44.4 Å². The topological polar surface area (TPSA) is 435 Å². The molecule has 446 valence electrons. The van der Waals surface area contributed by atoms with E-state index in [1.165, 1.54) is 13.8 Å². The van der Waals surface area contributed by atoms with Crippen LogP contribution in [0.25, 0.3) is 0 Å². The summed E-state index contributed by atoms with van der Waals surface area (Å²) in [4.78, 5) is 64.3. The van der Waals surface area contributed by atoms with Gasteiger partial charge in [-0.15, -0.1) is 0 Å². The number of ketones is 1. The van der Waals surface area contributed by atoms with E-state index < -0.39 is 156 Å². The van der Waals surface area contributed by atoms with Gasteiger partial charge in [0.25, 0.3) is 5.91 Å². The first-order chi connectivity index (χ1) is 36.3. The Morgan fingerprint density at radius 1 is 0.740 bits per heavy atom. The Labute approximate surface area is 447 Å². The quantitative estimate of drug-likeness (QED) is 0.0246. The maximum absolute atomic E-state index is 14.0. The summed E-state index contributed by atoms with van der Waals surface area (Å²) < 4.78 is 111. The van der Waals surface area contributed by atoms with Crippen LogP contribution in [0.4, 0.5) is 0 Å². The third-order valence-electron chi connectivity index (χ3n) is 13.9. The highest BCUT2D eigenvalue weighted by molar-refractivity contribution is 7.81. The van der Waals surface area contributed by atoms with Crippen LogP contribution in [-0.2, 0) is 86.3 Å². The molecule has 0 radical (unpaired) electrons. The van der Waals surface area contributed by atoms with E-state index in [0.717, 1.165) is 32.1 Å². The molecule has 2 aliphatic heterocycles. The molecule has 29 nitrogen and oxygen atoms in total. The number of rotatable bonds is 33. The molecule has 2 saturated carbocycles. The Kier molecular flexibility index (Phi) is 27.8. The molecule has 2 heterocycles. The van der Waals surface area contributed by atoms with Gasteiger partial charge in [-0.3, -0.25) is 28.3 Å². The summed E-state index contributed by atoms with van der Waals surface area (Å²) in [6.45, 7) is 2.82. The average molecular weight is 1150 g/mol. The van der Waals surface area contributed by atoms with Crippen molar-refractivity contribution in [3.8, 4) is 0 Å². The van der Waals surface area contributed by atoms with Crippen LogP contribution in [0.15, 0.2) is 0 Å². The summed E-state index contributed by atoms with van der Waals surface area (Å²) in [6, 6.07) is -1.36. The van der Waals surface area contributed by atoms with Crippen molar-refractivity contribution in [2.45, 2.75) is 190 Å². The van der Waals surface area contributed by atoms with Crippen LogP contribution in [0.3, 0.4) is 0 Å². The van der Waals surface area contributed by atoms with Gasteiger partial charge in [0.15, 0.2) is 24.8 Å². The van der Waals surface area contributed by atoms with Crippen LogP contribution < -0.4 is 16.0 Å². The number of carboxylic acids is 1. The summed E-state index contributed by atoms with van der Waals surface area (Å²) in [6.07, 6.45) is -13.9. The van der Waals surface area contributed by atoms with E-state index in [1.807, 2.05) is 6.92 Å². The molecule has 77 heavy (non-hydrogen) atoms. The van der Waals surface area contributed by atoms with Gasteiger partial charge in [0.05, 0.1) is 58.0 Å².